The van der Waals surface area contributed by atoms with E-state index in [9.17, 15) is 0 Å². The van der Waals surface area contributed by atoms with Crippen molar-refractivity contribution in [1.82, 2.24) is 9.88 Å². The van der Waals surface area contributed by atoms with Crippen LogP contribution in [0.15, 0.2) is 11.2 Å². The maximum Gasteiger partial charge on any atom is 0.183 e. The fourth-order valence-electron chi connectivity index (χ4n) is 1.22. The van der Waals surface area contributed by atoms with Gasteiger partial charge < -0.3 is 4.90 Å². The SMILES string of the molecule is CCN(Cc1cnc(Cl)s1)C(=NC)SC. The largest absolute Gasteiger partial charge is 0.347 e. The predicted octanol–water partition coefficient (Wildman–Crippen LogP) is 2.97. The Balaban J connectivity index is 2.69. The van der Waals surface area contributed by atoms with Crippen LogP contribution < -0.4 is 0 Å². The molecule has 0 fully saturated rings. The van der Waals surface area contributed by atoms with Gasteiger partial charge in [-0.2, -0.15) is 0 Å². The van der Waals surface area contributed by atoms with Gasteiger partial charge in [-0.25, -0.2) is 4.98 Å². The van der Waals surface area contributed by atoms with E-state index >= 15 is 0 Å². The normalized spacial score (nSPS) is 11.9. The van der Waals surface area contributed by atoms with Gasteiger partial charge >= 0.3 is 0 Å². The van der Waals surface area contributed by atoms with Crippen LogP contribution >= 0.6 is 34.7 Å². The summed E-state index contributed by atoms with van der Waals surface area (Å²) >= 11 is 8.96. The van der Waals surface area contributed by atoms with E-state index in [1.807, 2.05) is 19.5 Å². The minimum absolute atomic E-state index is 0.597. The van der Waals surface area contributed by atoms with Crippen LogP contribution in [0.2, 0.25) is 4.47 Å². The molecule has 84 valence electrons. The Hall–Kier alpha value is -0.260. The van der Waals surface area contributed by atoms with E-state index < -0.39 is 0 Å². The lowest BCUT2D eigenvalue weighted by molar-refractivity contribution is 0.447. The third-order valence-corrected chi connectivity index (χ3v) is 3.80. The van der Waals surface area contributed by atoms with Crippen molar-refractivity contribution in [2.24, 2.45) is 4.99 Å². The number of nitrogens with zero attached hydrogens (tertiary/aromatic N) is 3. The molecular formula is C9H14ClN3S2. The lowest BCUT2D eigenvalue weighted by atomic mass is 10.5. The standard InChI is InChI=1S/C9H14ClN3S2/c1-4-13(9(11-2)14-3)6-7-5-12-8(10)15-7/h5H,4,6H2,1-3H3. The van der Waals surface area contributed by atoms with Crippen LogP contribution in [0.25, 0.3) is 0 Å². The minimum Gasteiger partial charge on any atom is -0.347 e. The summed E-state index contributed by atoms with van der Waals surface area (Å²) in [7, 11) is 1.81. The Kier molecular flexibility index (Phi) is 5.42. The van der Waals surface area contributed by atoms with E-state index in [0.717, 1.165) is 23.1 Å². The van der Waals surface area contributed by atoms with Crippen molar-refractivity contribution >= 4 is 39.9 Å². The van der Waals surface area contributed by atoms with Crippen molar-refractivity contribution in [3.8, 4) is 0 Å². The van der Waals surface area contributed by atoms with Gasteiger partial charge in [0.15, 0.2) is 9.63 Å². The summed E-state index contributed by atoms with van der Waals surface area (Å²) in [4.78, 5) is 11.6. The topological polar surface area (TPSA) is 28.5 Å². The van der Waals surface area contributed by atoms with Gasteiger partial charge in [0.05, 0.1) is 6.54 Å². The molecule has 1 aromatic heterocycles. The van der Waals surface area contributed by atoms with Crippen molar-refractivity contribution in [3.63, 3.8) is 0 Å². The summed E-state index contributed by atoms with van der Waals surface area (Å²) in [5.74, 6) is 0. The molecule has 0 aliphatic carbocycles. The molecule has 0 saturated carbocycles. The van der Waals surface area contributed by atoms with Crippen molar-refractivity contribution in [3.05, 3.63) is 15.5 Å². The van der Waals surface area contributed by atoms with Crippen LogP contribution in [0.5, 0.6) is 0 Å². The summed E-state index contributed by atoms with van der Waals surface area (Å²) in [6.07, 6.45) is 3.86. The van der Waals surface area contributed by atoms with Crippen LogP contribution in [0, 0.1) is 0 Å². The maximum atomic E-state index is 5.79. The fraction of sp³-hybridized carbons (Fsp3) is 0.556. The fourth-order valence-corrected chi connectivity index (χ4v) is 2.85. The Bertz CT molecular complexity index is 338. The number of hydrogen-bond acceptors (Lipinski definition) is 4. The molecule has 0 spiro atoms. The summed E-state index contributed by atoms with van der Waals surface area (Å²) < 4.78 is 0.597. The highest BCUT2D eigenvalue weighted by Crippen LogP contribution is 2.20. The van der Waals surface area contributed by atoms with E-state index in [1.165, 1.54) is 11.3 Å². The Morgan fingerprint density at radius 3 is 2.87 bits per heavy atom. The van der Waals surface area contributed by atoms with E-state index in [1.54, 1.807) is 11.8 Å². The average molecular weight is 264 g/mol. The van der Waals surface area contributed by atoms with Gasteiger partial charge in [0, 0.05) is 24.7 Å². The smallest absolute Gasteiger partial charge is 0.183 e. The third kappa shape index (κ3) is 3.66. The monoisotopic (exact) mass is 263 g/mol. The molecule has 15 heavy (non-hydrogen) atoms. The molecule has 1 aromatic rings. The Labute approximate surface area is 104 Å². The van der Waals surface area contributed by atoms with Crippen LogP contribution in [0.4, 0.5) is 0 Å². The number of aliphatic imine (C=N–C) groups is 1. The van der Waals surface area contributed by atoms with Gasteiger partial charge in [0.2, 0.25) is 0 Å². The van der Waals surface area contributed by atoms with Crippen LogP contribution in [0.1, 0.15) is 11.8 Å². The van der Waals surface area contributed by atoms with Gasteiger partial charge in [-0.3, -0.25) is 4.99 Å². The van der Waals surface area contributed by atoms with Crippen LogP contribution in [0.3, 0.4) is 0 Å². The lowest BCUT2D eigenvalue weighted by Crippen LogP contribution is -2.27. The first-order valence-electron chi connectivity index (χ1n) is 4.57. The van der Waals surface area contributed by atoms with Crippen molar-refractivity contribution in [1.29, 1.82) is 0 Å². The van der Waals surface area contributed by atoms with E-state index in [-0.39, 0.29) is 0 Å². The first-order valence-corrected chi connectivity index (χ1v) is 6.99. The number of amidine groups is 1. The van der Waals surface area contributed by atoms with Gasteiger partial charge in [-0.05, 0) is 13.2 Å². The summed E-state index contributed by atoms with van der Waals surface area (Å²) in [5.41, 5.74) is 0. The van der Waals surface area contributed by atoms with Crippen molar-refractivity contribution in [2.75, 3.05) is 19.8 Å². The number of rotatable bonds is 3. The quantitative estimate of drug-likeness (QED) is 0.620. The second-order valence-electron chi connectivity index (χ2n) is 2.80. The molecule has 0 amide bonds. The molecule has 0 N–H and O–H groups in total. The van der Waals surface area contributed by atoms with Gasteiger partial charge in [0.25, 0.3) is 0 Å². The molecule has 1 heterocycles. The van der Waals surface area contributed by atoms with Gasteiger partial charge in [-0.1, -0.05) is 23.4 Å². The zero-order chi connectivity index (χ0) is 11.3. The molecule has 1 rings (SSSR count). The Morgan fingerprint density at radius 2 is 2.47 bits per heavy atom. The van der Waals surface area contributed by atoms with E-state index in [2.05, 4.69) is 21.8 Å². The van der Waals surface area contributed by atoms with Gasteiger partial charge in [0.1, 0.15) is 0 Å². The molecule has 0 saturated heterocycles. The van der Waals surface area contributed by atoms with Crippen molar-refractivity contribution in [2.45, 2.75) is 13.5 Å². The zero-order valence-electron chi connectivity index (χ0n) is 9.03. The summed E-state index contributed by atoms with van der Waals surface area (Å²) in [6.45, 7) is 3.88. The molecule has 6 heteroatoms. The molecular weight excluding hydrogens is 250 g/mol. The third-order valence-electron chi connectivity index (χ3n) is 1.90. The van der Waals surface area contributed by atoms with Crippen LogP contribution in [-0.2, 0) is 6.54 Å². The number of aromatic nitrogens is 1. The summed E-state index contributed by atoms with van der Waals surface area (Å²) in [6, 6.07) is 0. The maximum absolute atomic E-state index is 5.79. The molecule has 0 unspecified atom stereocenters. The number of halogens is 1. The highest BCUT2D eigenvalue weighted by atomic mass is 35.5. The summed E-state index contributed by atoms with van der Waals surface area (Å²) in [5, 5.41) is 1.04. The second kappa shape index (κ2) is 6.35. The Morgan fingerprint density at radius 1 is 1.73 bits per heavy atom. The molecule has 0 bridgehead atoms. The number of thiazole rings is 1. The first kappa shape index (κ1) is 12.8. The number of thioether (sulfide) groups is 1. The number of hydrogen-bond donors (Lipinski definition) is 0. The van der Waals surface area contributed by atoms with E-state index in [0.29, 0.717) is 4.47 Å². The average Bonchev–Trinajstić information content (AvgIpc) is 2.64. The van der Waals surface area contributed by atoms with E-state index in [4.69, 9.17) is 11.6 Å². The van der Waals surface area contributed by atoms with Crippen LogP contribution in [-0.4, -0.2) is 34.9 Å². The highest BCUT2D eigenvalue weighted by Gasteiger charge is 2.10. The lowest BCUT2D eigenvalue weighted by Gasteiger charge is -2.21. The molecule has 0 radical (unpaired) electrons. The molecule has 0 atom stereocenters. The minimum atomic E-state index is 0.597. The predicted molar refractivity (Wildman–Crippen MR) is 70.1 cm³/mol. The van der Waals surface area contributed by atoms with Crippen molar-refractivity contribution < 1.29 is 0 Å². The first-order chi connectivity index (χ1) is 7.21. The highest BCUT2D eigenvalue weighted by molar-refractivity contribution is 8.13. The molecule has 0 aliphatic rings. The molecule has 0 aliphatic heterocycles. The zero-order valence-corrected chi connectivity index (χ0v) is 11.4. The second-order valence-corrected chi connectivity index (χ2v) is 5.27. The molecule has 3 nitrogen and oxygen atoms in total. The van der Waals surface area contributed by atoms with Gasteiger partial charge in [-0.15, -0.1) is 11.3 Å². The molecule has 0 aromatic carbocycles.